The number of nitrogens with one attached hydrogen (secondary N) is 1. The number of carbonyl (C=O) groups is 1. The van der Waals surface area contributed by atoms with Gasteiger partial charge in [-0.25, -0.2) is 0 Å². The van der Waals surface area contributed by atoms with Crippen LogP contribution in [-0.2, 0) is 14.3 Å². The van der Waals surface area contributed by atoms with Crippen LogP contribution in [0.4, 0.5) is 0 Å². The van der Waals surface area contributed by atoms with Gasteiger partial charge in [-0.15, -0.1) is 0 Å². The summed E-state index contributed by atoms with van der Waals surface area (Å²) in [6.45, 7) is 3.50. The van der Waals surface area contributed by atoms with E-state index in [9.17, 15) is 40.5 Å². The molecule has 79 heavy (non-hydrogen) atoms. The number of allylic oxidation sites excluding steroid dienone is 2. The molecule has 1 amide bonds. The maximum absolute atomic E-state index is 13.2. The number of unbranched alkanes of at least 4 members (excludes halogenated alkanes) is 47. The molecular weight excluding hydrogens is 991 g/mol. The lowest BCUT2D eigenvalue weighted by Crippen LogP contribution is -2.60. The van der Waals surface area contributed by atoms with Crippen molar-refractivity contribution in [1.82, 2.24) is 5.32 Å². The fourth-order valence-electron chi connectivity index (χ4n) is 11.5. The first-order chi connectivity index (χ1) is 38.7. The van der Waals surface area contributed by atoms with Gasteiger partial charge in [-0.3, -0.25) is 4.79 Å². The molecule has 1 aliphatic rings. The molecule has 9 unspecified atom stereocenters. The van der Waals surface area contributed by atoms with Crippen LogP contribution in [-0.4, -0.2) is 110 Å². The van der Waals surface area contributed by atoms with Gasteiger partial charge < -0.3 is 50.5 Å². The molecule has 1 heterocycles. The minimum Gasteiger partial charge on any atom is -0.394 e. The average molecular weight is 1120 g/mol. The highest BCUT2D eigenvalue weighted by atomic mass is 16.7. The van der Waals surface area contributed by atoms with Crippen LogP contribution in [0.5, 0.6) is 0 Å². The number of hydrogen-bond donors (Lipinski definition) is 8. The summed E-state index contributed by atoms with van der Waals surface area (Å²) in [5.74, 6) is -0.698. The van der Waals surface area contributed by atoms with Crippen LogP contribution in [0.1, 0.15) is 348 Å². The molecule has 0 aliphatic carbocycles. The first-order valence-electron chi connectivity index (χ1n) is 34.6. The Morgan fingerprint density at radius 1 is 0.430 bits per heavy atom. The normalized spacial score (nSPS) is 19.3. The van der Waals surface area contributed by atoms with Crippen molar-refractivity contribution in [3.63, 3.8) is 0 Å². The van der Waals surface area contributed by atoms with Crippen molar-refractivity contribution in [3.05, 3.63) is 12.2 Å². The summed E-state index contributed by atoms with van der Waals surface area (Å²) >= 11 is 0. The van der Waals surface area contributed by atoms with E-state index in [4.69, 9.17) is 9.47 Å². The van der Waals surface area contributed by atoms with Gasteiger partial charge in [0.25, 0.3) is 0 Å². The van der Waals surface area contributed by atoms with Gasteiger partial charge in [-0.05, 0) is 38.5 Å². The molecule has 0 saturated carbocycles. The highest BCUT2D eigenvalue weighted by Gasteiger charge is 2.44. The minimum atomic E-state index is -1.67. The maximum atomic E-state index is 13.2. The molecule has 11 nitrogen and oxygen atoms in total. The summed E-state index contributed by atoms with van der Waals surface area (Å²) in [5.41, 5.74) is 0. The second kappa shape index (κ2) is 57.3. The Labute approximate surface area is 487 Å². The summed E-state index contributed by atoms with van der Waals surface area (Å²) in [7, 11) is 0. The van der Waals surface area contributed by atoms with Crippen molar-refractivity contribution in [2.75, 3.05) is 13.2 Å². The van der Waals surface area contributed by atoms with Gasteiger partial charge in [0.1, 0.15) is 36.6 Å². The van der Waals surface area contributed by atoms with Gasteiger partial charge in [-0.1, -0.05) is 321 Å². The number of carbonyl (C=O) groups excluding carboxylic acids is 1. The summed E-state index contributed by atoms with van der Waals surface area (Å²) < 4.78 is 11.2. The van der Waals surface area contributed by atoms with Gasteiger partial charge in [0.05, 0.1) is 25.4 Å². The Morgan fingerprint density at radius 2 is 0.747 bits per heavy atom. The van der Waals surface area contributed by atoms with Crippen molar-refractivity contribution >= 4 is 5.91 Å². The Hall–Kier alpha value is -1.15. The molecule has 1 aliphatic heterocycles. The van der Waals surface area contributed by atoms with Gasteiger partial charge in [0.15, 0.2) is 6.29 Å². The predicted octanol–water partition coefficient (Wildman–Crippen LogP) is 16.3. The third kappa shape index (κ3) is 45.0. The summed E-state index contributed by atoms with van der Waals surface area (Å²) in [6, 6.07) is -1.18. The largest absolute Gasteiger partial charge is 0.394 e. The molecule has 1 fully saturated rings. The van der Waals surface area contributed by atoms with Crippen LogP contribution in [0.3, 0.4) is 0 Å². The highest BCUT2D eigenvalue weighted by molar-refractivity contribution is 5.80. The molecule has 0 bridgehead atoms. The zero-order valence-corrected chi connectivity index (χ0v) is 51.9. The van der Waals surface area contributed by atoms with E-state index in [1.807, 2.05) is 0 Å². The number of aliphatic hydroxyl groups excluding tert-OH is 7. The molecule has 0 aromatic rings. The monoisotopic (exact) mass is 1120 g/mol. The Morgan fingerprint density at radius 3 is 1.09 bits per heavy atom. The van der Waals surface area contributed by atoms with Gasteiger partial charge in [0, 0.05) is 0 Å². The van der Waals surface area contributed by atoms with Crippen molar-refractivity contribution in [3.8, 4) is 0 Å². The molecule has 1 saturated heterocycles. The Balaban J connectivity index is 2.20. The number of hydrogen-bond acceptors (Lipinski definition) is 10. The summed E-state index contributed by atoms with van der Waals surface area (Å²) in [6.07, 6.45) is 58.7. The quantitative estimate of drug-likeness (QED) is 0.0215. The number of aliphatic hydroxyl groups is 7. The first kappa shape index (κ1) is 75.9. The molecular formula is C68H133NO10. The second-order valence-electron chi connectivity index (χ2n) is 24.6. The van der Waals surface area contributed by atoms with E-state index in [0.717, 1.165) is 32.1 Å². The number of rotatable bonds is 61. The highest BCUT2D eigenvalue weighted by Crippen LogP contribution is 2.24. The second-order valence-corrected chi connectivity index (χ2v) is 24.6. The predicted molar refractivity (Wildman–Crippen MR) is 330 cm³/mol. The van der Waals surface area contributed by atoms with Crippen LogP contribution in [0.15, 0.2) is 12.2 Å². The fourth-order valence-corrected chi connectivity index (χ4v) is 11.5. The van der Waals surface area contributed by atoms with Crippen LogP contribution < -0.4 is 5.32 Å². The van der Waals surface area contributed by atoms with E-state index < -0.39 is 74.2 Å². The molecule has 470 valence electrons. The standard InChI is InChI=1S/C68H133NO10/c1-3-5-7-9-11-13-15-17-19-21-23-25-26-27-28-29-30-31-32-33-34-36-37-39-41-43-45-47-49-51-53-55-60(71)63(73)59(58-78-68-66(76)65(75)64(74)62(57-70)79-68)69-67(77)61(72)56-54-52-50-48-46-44-42-40-38-35-24-22-20-18-16-14-12-10-8-6-4-2/h47,49,59-66,68,70-76H,3-46,48,50-58H2,1-2H3,(H,69,77)/b49-47+. The fraction of sp³-hybridized carbons (Fsp3) is 0.956. The molecule has 0 spiro atoms. The van der Waals surface area contributed by atoms with Crippen molar-refractivity contribution < 1.29 is 50.0 Å². The Bertz CT molecular complexity index is 1290. The van der Waals surface area contributed by atoms with Crippen LogP contribution in [0.25, 0.3) is 0 Å². The molecule has 9 atom stereocenters. The van der Waals surface area contributed by atoms with E-state index >= 15 is 0 Å². The third-order valence-electron chi connectivity index (χ3n) is 17.1. The molecule has 8 N–H and O–H groups in total. The maximum Gasteiger partial charge on any atom is 0.249 e. The Kier molecular flexibility index (Phi) is 55.0. The smallest absolute Gasteiger partial charge is 0.249 e. The average Bonchev–Trinajstić information content (AvgIpc) is 3.46. The van der Waals surface area contributed by atoms with Crippen molar-refractivity contribution in [2.24, 2.45) is 0 Å². The van der Waals surface area contributed by atoms with E-state index in [1.165, 1.54) is 276 Å². The van der Waals surface area contributed by atoms with Crippen LogP contribution in [0, 0.1) is 0 Å². The van der Waals surface area contributed by atoms with Gasteiger partial charge >= 0.3 is 0 Å². The van der Waals surface area contributed by atoms with Crippen LogP contribution in [0.2, 0.25) is 0 Å². The number of ether oxygens (including phenoxy) is 2. The summed E-state index contributed by atoms with van der Waals surface area (Å²) in [4.78, 5) is 13.2. The lowest BCUT2D eigenvalue weighted by atomic mass is 9.98. The zero-order valence-electron chi connectivity index (χ0n) is 51.9. The minimum absolute atomic E-state index is 0.260. The molecule has 0 aromatic heterocycles. The third-order valence-corrected chi connectivity index (χ3v) is 17.1. The number of amides is 1. The van der Waals surface area contributed by atoms with Crippen molar-refractivity contribution in [1.29, 1.82) is 0 Å². The molecule has 0 aromatic carbocycles. The van der Waals surface area contributed by atoms with E-state index in [0.29, 0.717) is 12.8 Å². The van der Waals surface area contributed by atoms with E-state index in [2.05, 4.69) is 31.3 Å². The lowest BCUT2D eigenvalue weighted by molar-refractivity contribution is -0.303. The molecule has 1 rings (SSSR count). The van der Waals surface area contributed by atoms with Crippen LogP contribution >= 0.6 is 0 Å². The van der Waals surface area contributed by atoms with E-state index in [-0.39, 0.29) is 12.8 Å². The first-order valence-corrected chi connectivity index (χ1v) is 34.6. The topological polar surface area (TPSA) is 189 Å². The lowest BCUT2D eigenvalue weighted by Gasteiger charge is -2.40. The van der Waals surface area contributed by atoms with Gasteiger partial charge in [0.2, 0.25) is 5.91 Å². The van der Waals surface area contributed by atoms with Gasteiger partial charge in [-0.2, -0.15) is 0 Å². The zero-order chi connectivity index (χ0) is 57.5. The molecule has 11 heteroatoms. The molecule has 0 radical (unpaired) electrons. The SMILES string of the molecule is CCCCCCCCCCCCCCCCCCCCCCCCCCCC/C=C/CCCC(O)C(O)C(COC1OC(CO)C(O)C(O)C1O)NC(=O)C(O)CCCCCCCCCCCCCCCCCCCCCCC. The van der Waals surface area contributed by atoms with Crippen molar-refractivity contribution in [2.45, 2.75) is 403 Å². The van der Waals surface area contributed by atoms with E-state index in [1.54, 1.807) is 0 Å². The summed E-state index contributed by atoms with van der Waals surface area (Å²) in [5, 5.41) is 76.4.